The zero-order valence-electron chi connectivity index (χ0n) is 11.8. The largest absolute Gasteiger partial charge is 0.483 e. The van der Waals surface area contributed by atoms with E-state index in [-0.39, 0.29) is 11.4 Å². The van der Waals surface area contributed by atoms with Gasteiger partial charge in [-0.1, -0.05) is 11.8 Å². The van der Waals surface area contributed by atoms with Crippen molar-refractivity contribution in [3.05, 3.63) is 68.8 Å². The summed E-state index contributed by atoms with van der Waals surface area (Å²) in [5, 5.41) is 21.0. The van der Waals surface area contributed by atoms with Crippen LogP contribution in [0.5, 0.6) is 11.5 Å². The van der Waals surface area contributed by atoms with Crippen molar-refractivity contribution in [1.82, 2.24) is 0 Å². The average molecular weight is 336 g/mol. The van der Waals surface area contributed by atoms with Crippen LogP contribution < -0.4 is 9.47 Å². The lowest BCUT2D eigenvalue weighted by Gasteiger charge is -2.07. The van der Waals surface area contributed by atoms with E-state index in [0.29, 0.717) is 23.4 Å². The Bertz CT molecular complexity index is 615. The molecule has 0 atom stereocenters. The van der Waals surface area contributed by atoms with Crippen molar-refractivity contribution >= 4 is 23.1 Å². The highest BCUT2D eigenvalue weighted by atomic mass is 32.2. The normalized spacial score (nSPS) is 10.1. The highest BCUT2D eigenvalue weighted by molar-refractivity contribution is 7.99. The van der Waals surface area contributed by atoms with Gasteiger partial charge in [0.2, 0.25) is 0 Å². The molecule has 2 aromatic rings. The molecule has 23 heavy (non-hydrogen) atoms. The zero-order chi connectivity index (χ0) is 16.7. The van der Waals surface area contributed by atoms with E-state index < -0.39 is 9.85 Å². The monoisotopic (exact) mass is 336 g/mol. The molecule has 0 aromatic heterocycles. The lowest BCUT2D eigenvalue weighted by atomic mass is 10.3. The summed E-state index contributed by atoms with van der Waals surface area (Å²) in [4.78, 5) is 20.1. The minimum absolute atomic E-state index is 0.00603. The van der Waals surface area contributed by atoms with Crippen LogP contribution in [-0.4, -0.2) is 21.7 Å². The predicted octanol–water partition coefficient (Wildman–Crippen LogP) is 3.61. The van der Waals surface area contributed by atoms with Crippen LogP contribution in [0.1, 0.15) is 0 Å². The topological polar surface area (TPSA) is 105 Å². The molecule has 120 valence electrons. The SMILES string of the molecule is O=[N+]([O-])c1ccc(OCSCOc2ccc([N+](=O)[O-])cc2)cc1. The number of benzene rings is 2. The molecule has 0 aliphatic heterocycles. The van der Waals surface area contributed by atoms with Gasteiger partial charge in [0.05, 0.1) is 9.85 Å². The average Bonchev–Trinajstić information content (AvgIpc) is 2.55. The fraction of sp³-hybridized carbons (Fsp3) is 0.143. The van der Waals surface area contributed by atoms with Crippen molar-refractivity contribution in [3.63, 3.8) is 0 Å². The number of non-ortho nitro benzene ring substituents is 2. The summed E-state index contributed by atoms with van der Waals surface area (Å²) in [5.41, 5.74) is 0.0121. The van der Waals surface area contributed by atoms with Crippen LogP contribution in [0.3, 0.4) is 0 Å². The second-order valence-electron chi connectivity index (χ2n) is 4.23. The summed E-state index contributed by atoms with van der Waals surface area (Å²) in [5.74, 6) is 1.67. The third-order valence-corrected chi connectivity index (χ3v) is 3.28. The summed E-state index contributed by atoms with van der Waals surface area (Å²) >= 11 is 1.35. The first kappa shape index (κ1) is 16.6. The van der Waals surface area contributed by atoms with Crippen LogP contribution in [0, 0.1) is 20.2 Å². The quantitative estimate of drug-likeness (QED) is 0.314. The number of hydrogen-bond donors (Lipinski definition) is 0. The highest BCUT2D eigenvalue weighted by Gasteiger charge is 2.05. The Labute approximate surface area is 135 Å². The number of thioether (sulfide) groups is 1. The fourth-order valence-corrected chi connectivity index (χ4v) is 2.09. The van der Waals surface area contributed by atoms with Gasteiger partial charge in [0.1, 0.15) is 23.4 Å². The maximum atomic E-state index is 10.5. The number of hydrogen-bond acceptors (Lipinski definition) is 7. The number of rotatable bonds is 8. The maximum Gasteiger partial charge on any atom is 0.269 e. The summed E-state index contributed by atoms with van der Waals surface area (Å²) in [6.07, 6.45) is 0. The number of nitrogens with zero attached hydrogens (tertiary/aromatic N) is 2. The van der Waals surface area contributed by atoms with Gasteiger partial charge in [0, 0.05) is 24.3 Å². The van der Waals surface area contributed by atoms with Crippen LogP contribution in [0.4, 0.5) is 11.4 Å². The van der Waals surface area contributed by atoms with E-state index in [2.05, 4.69) is 0 Å². The van der Waals surface area contributed by atoms with E-state index in [0.717, 1.165) is 0 Å². The van der Waals surface area contributed by atoms with Crippen molar-refractivity contribution in [2.45, 2.75) is 0 Å². The third kappa shape index (κ3) is 5.15. The van der Waals surface area contributed by atoms with Crippen LogP contribution in [0.25, 0.3) is 0 Å². The first-order valence-electron chi connectivity index (χ1n) is 6.38. The Hall–Kier alpha value is -2.81. The molecule has 2 aromatic carbocycles. The molecule has 0 saturated heterocycles. The molecule has 2 rings (SSSR count). The van der Waals surface area contributed by atoms with Gasteiger partial charge in [-0.25, -0.2) is 0 Å². The van der Waals surface area contributed by atoms with Gasteiger partial charge in [-0.2, -0.15) is 0 Å². The second-order valence-corrected chi connectivity index (χ2v) is 5.11. The van der Waals surface area contributed by atoms with Gasteiger partial charge >= 0.3 is 0 Å². The lowest BCUT2D eigenvalue weighted by molar-refractivity contribution is -0.385. The zero-order valence-corrected chi connectivity index (χ0v) is 12.6. The van der Waals surface area contributed by atoms with Gasteiger partial charge < -0.3 is 9.47 Å². The molecule has 9 heteroatoms. The molecule has 0 unspecified atom stereocenters. The maximum absolute atomic E-state index is 10.5. The lowest BCUT2D eigenvalue weighted by Crippen LogP contribution is -1.99. The van der Waals surface area contributed by atoms with Crippen molar-refractivity contribution < 1.29 is 19.3 Å². The van der Waals surface area contributed by atoms with E-state index >= 15 is 0 Å². The molecule has 0 fully saturated rings. The minimum atomic E-state index is -0.476. The molecule has 0 radical (unpaired) electrons. The van der Waals surface area contributed by atoms with Gasteiger partial charge in [-0.3, -0.25) is 20.2 Å². The molecule has 0 amide bonds. The van der Waals surface area contributed by atoms with E-state index in [4.69, 9.17) is 9.47 Å². The van der Waals surface area contributed by atoms with Gasteiger partial charge in [-0.15, -0.1) is 0 Å². The first-order chi connectivity index (χ1) is 11.1. The van der Waals surface area contributed by atoms with Gasteiger partial charge in [0.25, 0.3) is 11.4 Å². The number of ether oxygens (including phenoxy) is 2. The number of nitro benzene ring substituents is 2. The summed E-state index contributed by atoms with van der Waals surface area (Å²) < 4.78 is 10.8. The van der Waals surface area contributed by atoms with Crippen molar-refractivity contribution in [3.8, 4) is 11.5 Å². The molecule has 0 heterocycles. The Morgan fingerprint density at radius 3 is 1.39 bits per heavy atom. The Morgan fingerprint density at radius 1 is 0.739 bits per heavy atom. The number of nitro groups is 2. The summed E-state index contributed by atoms with van der Waals surface area (Å²) in [7, 11) is 0. The van der Waals surface area contributed by atoms with E-state index in [1.165, 1.54) is 60.3 Å². The minimum Gasteiger partial charge on any atom is -0.483 e. The van der Waals surface area contributed by atoms with Crippen molar-refractivity contribution in [2.24, 2.45) is 0 Å². The Morgan fingerprint density at radius 2 is 1.09 bits per heavy atom. The van der Waals surface area contributed by atoms with Crippen LogP contribution in [0.2, 0.25) is 0 Å². The fourth-order valence-electron chi connectivity index (χ4n) is 1.58. The van der Waals surface area contributed by atoms with Crippen LogP contribution in [0.15, 0.2) is 48.5 Å². The van der Waals surface area contributed by atoms with Crippen molar-refractivity contribution in [2.75, 3.05) is 11.9 Å². The molecule has 0 N–H and O–H groups in total. The third-order valence-electron chi connectivity index (χ3n) is 2.71. The molecule has 0 aliphatic carbocycles. The molecular formula is C14H12N2O6S. The predicted molar refractivity (Wildman–Crippen MR) is 84.8 cm³/mol. The van der Waals surface area contributed by atoms with E-state index in [1.807, 2.05) is 0 Å². The summed E-state index contributed by atoms with van der Waals surface area (Å²) in [6, 6.07) is 11.6. The van der Waals surface area contributed by atoms with Crippen molar-refractivity contribution in [1.29, 1.82) is 0 Å². The molecular weight excluding hydrogens is 324 g/mol. The van der Waals surface area contributed by atoms with Gasteiger partial charge in [-0.05, 0) is 24.3 Å². The highest BCUT2D eigenvalue weighted by Crippen LogP contribution is 2.20. The van der Waals surface area contributed by atoms with Crippen LogP contribution in [-0.2, 0) is 0 Å². The standard InChI is InChI=1S/C14H12N2O6S/c17-15(18)11-1-5-13(6-2-11)21-9-23-10-22-14-7-3-12(4-8-14)16(19)20/h1-8H,9-10H2. The van der Waals surface area contributed by atoms with E-state index in [1.54, 1.807) is 0 Å². The summed E-state index contributed by atoms with van der Waals surface area (Å²) in [6.45, 7) is 0. The van der Waals surface area contributed by atoms with Crippen LogP contribution >= 0.6 is 11.8 Å². The molecule has 0 bridgehead atoms. The van der Waals surface area contributed by atoms with E-state index in [9.17, 15) is 20.2 Å². The molecule has 0 spiro atoms. The molecule has 0 aliphatic rings. The molecule has 8 nitrogen and oxygen atoms in total. The second kappa shape index (κ2) is 7.99. The Balaban J connectivity index is 1.69. The molecule has 0 saturated carbocycles. The van der Waals surface area contributed by atoms with Gasteiger partial charge in [0.15, 0.2) is 0 Å². The first-order valence-corrected chi connectivity index (χ1v) is 7.54. The Kier molecular flexibility index (Phi) is 5.75. The smallest absolute Gasteiger partial charge is 0.269 e.